The lowest BCUT2D eigenvalue weighted by atomic mass is 10.2. The smallest absolute Gasteiger partial charge is 0.155 e. The van der Waals surface area contributed by atoms with E-state index in [2.05, 4.69) is 0 Å². The Balaban J connectivity index is 2.57. The second kappa shape index (κ2) is 4.65. The van der Waals surface area contributed by atoms with Gasteiger partial charge >= 0.3 is 0 Å². The van der Waals surface area contributed by atoms with Crippen molar-refractivity contribution < 1.29 is 13.5 Å². The lowest BCUT2D eigenvalue weighted by Crippen LogP contribution is -2.10. The SMILES string of the molecule is CCn1c(CS(=O)(=O)CC)cc2cc(O)ccc21. The summed E-state index contributed by atoms with van der Waals surface area (Å²) in [4.78, 5) is 0. The van der Waals surface area contributed by atoms with Crippen LogP contribution in [0.25, 0.3) is 10.9 Å². The van der Waals surface area contributed by atoms with Gasteiger partial charge in [-0.2, -0.15) is 0 Å². The monoisotopic (exact) mass is 267 g/mol. The molecule has 0 bridgehead atoms. The van der Waals surface area contributed by atoms with Crippen LogP contribution in [0.3, 0.4) is 0 Å². The van der Waals surface area contributed by atoms with Crippen molar-refractivity contribution in [1.82, 2.24) is 4.57 Å². The quantitative estimate of drug-likeness (QED) is 0.924. The van der Waals surface area contributed by atoms with Crippen LogP contribution in [0.5, 0.6) is 5.75 Å². The van der Waals surface area contributed by atoms with Crippen LogP contribution in [0.4, 0.5) is 0 Å². The molecule has 1 aromatic carbocycles. The number of phenols is 1. The minimum absolute atomic E-state index is 0.0484. The number of rotatable bonds is 4. The number of sulfone groups is 1. The summed E-state index contributed by atoms with van der Waals surface area (Å²) in [5.41, 5.74) is 1.73. The zero-order chi connectivity index (χ0) is 13.3. The first-order chi connectivity index (χ1) is 8.46. The van der Waals surface area contributed by atoms with E-state index in [1.54, 1.807) is 19.1 Å². The van der Waals surface area contributed by atoms with Gasteiger partial charge in [0, 0.05) is 28.9 Å². The van der Waals surface area contributed by atoms with Gasteiger partial charge < -0.3 is 9.67 Å². The molecule has 1 aromatic heterocycles. The van der Waals surface area contributed by atoms with Crippen LogP contribution in [0.1, 0.15) is 19.5 Å². The molecular weight excluding hydrogens is 250 g/mol. The topological polar surface area (TPSA) is 59.3 Å². The van der Waals surface area contributed by atoms with Gasteiger partial charge in [0.2, 0.25) is 0 Å². The number of hydrogen-bond donors (Lipinski definition) is 1. The predicted molar refractivity (Wildman–Crippen MR) is 72.4 cm³/mol. The number of benzene rings is 1. The van der Waals surface area contributed by atoms with E-state index in [1.165, 1.54) is 0 Å². The first-order valence-corrected chi connectivity index (χ1v) is 7.80. The average Bonchev–Trinajstić information content (AvgIpc) is 2.64. The van der Waals surface area contributed by atoms with Crippen LogP contribution in [0, 0.1) is 0 Å². The fourth-order valence-corrected chi connectivity index (χ4v) is 3.03. The highest BCUT2D eigenvalue weighted by Gasteiger charge is 2.15. The van der Waals surface area contributed by atoms with Gasteiger partial charge in [-0.25, -0.2) is 8.42 Å². The molecule has 0 radical (unpaired) electrons. The maximum absolute atomic E-state index is 11.7. The minimum Gasteiger partial charge on any atom is -0.508 e. The van der Waals surface area contributed by atoms with Gasteiger partial charge in [-0.15, -0.1) is 0 Å². The summed E-state index contributed by atoms with van der Waals surface area (Å²) < 4.78 is 25.4. The Morgan fingerprint density at radius 1 is 1.22 bits per heavy atom. The first kappa shape index (κ1) is 13.0. The van der Waals surface area contributed by atoms with Crippen molar-refractivity contribution in [3.05, 3.63) is 30.0 Å². The summed E-state index contributed by atoms with van der Waals surface area (Å²) in [7, 11) is -3.05. The third kappa shape index (κ3) is 2.36. The normalized spacial score (nSPS) is 12.1. The van der Waals surface area contributed by atoms with E-state index in [0.29, 0.717) is 6.54 Å². The molecule has 18 heavy (non-hydrogen) atoms. The van der Waals surface area contributed by atoms with Gasteiger partial charge in [-0.1, -0.05) is 6.92 Å². The molecule has 5 heteroatoms. The zero-order valence-electron chi connectivity index (χ0n) is 10.5. The van der Waals surface area contributed by atoms with Crippen molar-refractivity contribution in [3.8, 4) is 5.75 Å². The van der Waals surface area contributed by atoms with Crippen molar-refractivity contribution >= 4 is 20.7 Å². The van der Waals surface area contributed by atoms with E-state index >= 15 is 0 Å². The molecule has 0 spiro atoms. The molecule has 0 aliphatic carbocycles. The molecule has 1 heterocycles. The zero-order valence-corrected chi connectivity index (χ0v) is 11.4. The molecule has 4 nitrogen and oxygen atoms in total. The molecule has 1 N–H and O–H groups in total. The number of hydrogen-bond acceptors (Lipinski definition) is 3. The highest BCUT2D eigenvalue weighted by Crippen LogP contribution is 2.25. The average molecular weight is 267 g/mol. The second-order valence-corrected chi connectivity index (χ2v) is 6.65. The molecule has 0 saturated heterocycles. The Morgan fingerprint density at radius 3 is 2.56 bits per heavy atom. The molecule has 2 rings (SSSR count). The summed E-state index contributed by atoms with van der Waals surface area (Å²) in [6.07, 6.45) is 0. The van der Waals surface area contributed by atoms with Gasteiger partial charge in [-0.3, -0.25) is 0 Å². The lowest BCUT2D eigenvalue weighted by molar-refractivity contribution is 0.476. The molecule has 0 atom stereocenters. The summed E-state index contributed by atoms with van der Waals surface area (Å²) in [6, 6.07) is 6.93. The molecule has 0 fully saturated rings. The number of aromatic hydroxyl groups is 1. The van der Waals surface area contributed by atoms with E-state index in [-0.39, 0.29) is 17.3 Å². The Hall–Kier alpha value is -1.49. The van der Waals surface area contributed by atoms with Crippen molar-refractivity contribution in [3.63, 3.8) is 0 Å². The number of phenolic OH excluding ortho intramolecular Hbond substituents is 1. The standard InChI is InChI=1S/C13H17NO3S/c1-3-14-11(9-18(16,17)4-2)7-10-8-12(15)5-6-13(10)14/h5-8,15H,3-4,9H2,1-2H3. The van der Waals surface area contributed by atoms with E-state index in [9.17, 15) is 13.5 Å². The Morgan fingerprint density at radius 2 is 1.94 bits per heavy atom. The maximum atomic E-state index is 11.7. The Bertz CT molecular complexity index is 671. The summed E-state index contributed by atoms with van der Waals surface area (Å²) >= 11 is 0. The predicted octanol–water partition coefficient (Wildman–Crippen LogP) is 2.30. The molecular formula is C13H17NO3S. The molecule has 0 aliphatic heterocycles. The number of aryl methyl sites for hydroxylation is 1. The summed E-state index contributed by atoms with van der Waals surface area (Å²) in [6.45, 7) is 4.34. The lowest BCUT2D eigenvalue weighted by Gasteiger charge is -2.07. The van der Waals surface area contributed by atoms with E-state index in [1.807, 2.05) is 23.6 Å². The van der Waals surface area contributed by atoms with E-state index in [4.69, 9.17) is 0 Å². The van der Waals surface area contributed by atoms with Gasteiger partial charge in [0.1, 0.15) is 5.75 Å². The van der Waals surface area contributed by atoms with Crippen molar-refractivity contribution in [2.75, 3.05) is 5.75 Å². The molecule has 0 unspecified atom stereocenters. The van der Waals surface area contributed by atoms with Crippen LogP contribution in [0.2, 0.25) is 0 Å². The Labute approximate surface area is 107 Å². The van der Waals surface area contributed by atoms with Crippen molar-refractivity contribution in [2.45, 2.75) is 26.1 Å². The van der Waals surface area contributed by atoms with Crippen molar-refractivity contribution in [2.24, 2.45) is 0 Å². The number of nitrogens with zero attached hydrogens (tertiary/aromatic N) is 1. The molecule has 2 aromatic rings. The van der Waals surface area contributed by atoms with Gasteiger partial charge in [0.25, 0.3) is 0 Å². The van der Waals surface area contributed by atoms with Crippen LogP contribution in [-0.2, 0) is 22.1 Å². The second-order valence-electron chi connectivity index (χ2n) is 4.30. The van der Waals surface area contributed by atoms with E-state index in [0.717, 1.165) is 16.6 Å². The Kier molecular flexibility index (Phi) is 3.34. The largest absolute Gasteiger partial charge is 0.508 e. The van der Waals surface area contributed by atoms with Gasteiger partial charge in [-0.05, 0) is 31.2 Å². The third-order valence-electron chi connectivity index (χ3n) is 3.09. The fraction of sp³-hybridized carbons (Fsp3) is 0.385. The van der Waals surface area contributed by atoms with Gasteiger partial charge in [0.05, 0.1) is 5.75 Å². The van der Waals surface area contributed by atoms with E-state index < -0.39 is 9.84 Å². The summed E-state index contributed by atoms with van der Waals surface area (Å²) in [5.74, 6) is 0.386. The third-order valence-corrected chi connectivity index (χ3v) is 4.71. The highest BCUT2D eigenvalue weighted by atomic mass is 32.2. The molecule has 0 saturated carbocycles. The van der Waals surface area contributed by atoms with Crippen molar-refractivity contribution in [1.29, 1.82) is 0 Å². The van der Waals surface area contributed by atoms with Crippen LogP contribution in [-0.4, -0.2) is 23.8 Å². The maximum Gasteiger partial charge on any atom is 0.155 e. The first-order valence-electron chi connectivity index (χ1n) is 5.98. The highest BCUT2D eigenvalue weighted by molar-refractivity contribution is 7.90. The van der Waals surface area contributed by atoms with Crippen LogP contribution in [0.15, 0.2) is 24.3 Å². The molecule has 0 aliphatic rings. The fourth-order valence-electron chi connectivity index (χ4n) is 2.14. The molecule has 98 valence electrons. The number of fused-ring (bicyclic) bond motifs is 1. The summed E-state index contributed by atoms with van der Waals surface area (Å²) in [5, 5.41) is 10.3. The molecule has 0 amide bonds. The minimum atomic E-state index is -3.05. The van der Waals surface area contributed by atoms with Crippen LogP contribution >= 0.6 is 0 Å². The van der Waals surface area contributed by atoms with Gasteiger partial charge in [0.15, 0.2) is 9.84 Å². The number of aromatic nitrogens is 1. The van der Waals surface area contributed by atoms with Crippen LogP contribution < -0.4 is 0 Å².